The molecule has 1 nitrogen and oxygen atoms in total. The van der Waals surface area contributed by atoms with Gasteiger partial charge < -0.3 is 0 Å². The molecule has 0 unspecified atom stereocenters. The molecular weight excluding hydrogens is 208 g/mol. The zero-order chi connectivity index (χ0) is 12.2. The fourth-order valence-electron chi connectivity index (χ4n) is 3.07. The van der Waals surface area contributed by atoms with Crippen molar-refractivity contribution in [2.75, 3.05) is 6.61 Å². The van der Waals surface area contributed by atoms with Gasteiger partial charge in [0.1, 0.15) is 0 Å². The summed E-state index contributed by atoms with van der Waals surface area (Å²) in [6.07, 6.45) is 19.4. The van der Waals surface area contributed by atoms with Crippen LogP contribution >= 0.6 is 0 Å². The Morgan fingerprint density at radius 2 is 1.18 bits per heavy atom. The summed E-state index contributed by atoms with van der Waals surface area (Å²) in [7, 11) is 0. The maximum absolute atomic E-state index is 10.3. The molecule has 0 aromatic carbocycles. The molecule has 1 aliphatic carbocycles. The van der Waals surface area contributed by atoms with Crippen LogP contribution in [0.1, 0.15) is 89.9 Å². The Balaban J connectivity index is 1.75. The molecule has 0 atom stereocenters. The van der Waals surface area contributed by atoms with Gasteiger partial charge in [0.15, 0.2) is 0 Å². The summed E-state index contributed by atoms with van der Waals surface area (Å²) in [4.78, 5) is 0. The minimum atomic E-state index is 0.126. The lowest BCUT2D eigenvalue weighted by atomic mass is 9.85. The summed E-state index contributed by atoms with van der Waals surface area (Å²) in [5.74, 6) is 1.07. The lowest BCUT2D eigenvalue weighted by Gasteiger charge is -2.21. The van der Waals surface area contributed by atoms with E-state index in [1.54, 1.807) is 0 Å². The van der Waals surface area contributed by atoms with E-state index >= 15 is 0 Å². The van der Waals surface area contributed by atoms with Gasteiger partial charge in [-0.3, -0.25) is 0 Å². The number of unbranched alkanes of at least 4 members (excludes halogenated alkanes) is 7. The molecule has 0 aromatic rings. The zero-order valence-corrected chi connectivity index (χ0v) is 11.6. The van der Waals surface area contributed by atoms with E-state index in [0.29, 0.717) is 0 Å². The summed E-state index contributed by atoms with van der Waals surface area (Å²) in [5, 5.41) is 10.3. The molecule has 0 aromatic heterocycles. The Labute approximate surface area is 108 Å². The third-order valence-electron chi connectivity index (χ3n) is 4.23. The summed E-state index contributed by atoms with van der Waals surface area (Å²) in [5.41, 5.74) is 0. The second-order valence-corrected chi connectivity index (χ2v) is 5.83. The lowest BCUT2D eigenvalue weighted by molar-refractivity contribution is 0.186. The van der Waals surface area contributed by atoms with Gasteiger partial charge in [0.2, 0.25) is 0 Å². The minimum absolute atomic E-state index is 0.126. The van der Waals surface area contributed by atoms with Gasteiger partial charge >= 0.3 is 0 Å². The van der Waals surface area contributed by atoms with Gasteiger partial charge in [-0.2, -0.15) is 0 Å². The first kappa shape index (κ1) is 15.0. The van der Waals surface area contributed by atoms with E-state index in [9.17, 15) is 5.11 Å². The van der Waals surface area contributed by atoms with Crippen molar-refractivity contribution in [2.24, 2.45) is 5.92 Å². The first-order chi connectivity index (χ1) is 8.43. The Morgan fingerprint density at radius 1 is 0.647 bits per heavy atom. The first-order valence-electron chi connectivity index (χ1n) is 8.01. The SMILES string of the molecule is [O]CCCCCCCCCCC1CCCCC1. The van der Waals surface area contributed by atoms with E-state index in [4.69, 9.17) is 0 Å². The smallest absolute Gasteiger partial charge is 0.0822 e. The third-order valence-corrected chi connectivity index (χ3v) is 4.23. The topological polar surface area (TPSA) is 19.9 Å². The average Bonchev–Trinajstić information content (AvgIpc) is 2.38. The molecule has 1 fully saturated rings. The van der Waals surface area contributed by atoms with Gasteiger partial charge in [0.25, 0.3) is 0 Å². The molecule has 17 heavy (non-hydrogen) atoms. The summed E-state index contributed by atoms with van der Waals surface area (Å²) in [6.45, 7) is 0.126. The Morgan fingerprint density at radius 3 is 1.76 bits per heavy atom. The van der Waals surface area contributed by atoms with Gasteiger partial charge in [0, 0.05) is 0 Å². The molecule has 0 saturated heterocycles. The van der Waals surface area contributed by atoms with Crippen LogP contribution in [0.5, 0.6) is 0 Å². The minimum Gasteiger partial charge on any atom is -0.237 e. The van der Waals surface area contributed by atoms with Gasteiger partial charge in [-0.05, 0) is 12.3 Å². The van der Waals surface area contributed by atoms with Gasteiger partial charge in [-0.25, -0.2) is 5.11 Å². The second kappa shape index (κ2) is 11.1. The van der Waals surface area contributed by atoms with Crippen molar-refractivity contribution < 1.29 is 5.11 Å². The van der Waals surface area contributed by atoms with Crippen LogP contribution in [-0.2, 0) is 5.11 Å². The molecule has 0 amide bonds. The maximum atomic E-state index is 10.3. The van der Waals surface area contributed by atoms with E-state index in [-0.39, 0.29) is 6.61 Å². The number of hydrogen-bond acceptors (Lipinski definition) is 0. The van der Waals surface area contributed by atoms with Crippen molar-refractivity contribution in [3.8, 4) is 0 Å². The van der Waals surface area contributed by atoms with E-state index in [1.165, 1.54) is 77.0 Å². The molecular formula is C16H31O. The molecule has 1 rings (SSSR count). The van der Waals surface area contributed by atoms with Crippen LogP contribution in [0, 0.1) is 5.92 Å². The van der Waals surface area contributed by atoms with Crippen molar-refractivity contribution in [2.45, 2.75) is 89.9 Å². The highest BCUT2D eigenvalue weighted by Crippen LogP contribution is 2.28. The first-order valence-corrected chi connectivity index (χ1v) is 8.01. The second-order valence-electron chi connectivity index (χ2n) is 5.83. The van der Waals surface area contributed by atoms with Crippen LogP contribution in [0.4, 0.5) is 0 Å². The van der Waals surface area contributed by atoms with Crippen LogP contribution in [0.3, 0.4) is 0 Å². The van der Waals surface area contributed by atoms with Gasteiger partial charge in [-0.1, -0.05) is 83.5 Å². The van der Waals surface area contributed by atoms with Gasteiger partial charge in [-0.15, -0.1) is 0 Å². The summed E-state index contributed by atoms with van der Waals surface area (Å²) >= 11 is 0. The largest absolute Gasteiger partial charge is 0.237 e. The van der Waals surface area contributed by atoms with Crippen molar-refractivity contribution >= 4 is 0 Å². The molecule has 0 aliphatic heterocycles. The maximum Gasteiger partial charge on any atom is 0.0822 e. The van der Waals surface area contributed by atoms with Crippen LogP contribution < -0.4 is 0 Å². The van der Waals surface area contributed by atoms with E-state index < -0.39 is 0 Å². The van der Waals surface area contributed by atoms with E-state index in [1.807, 2.05) is 0 Å². The highest BCUT2D eigenvalue weighted by molar-refractivity contribution is 4.65. The lowest BCUT2D eigenvalue weighted by Crippen LogP contribution is -2.05. The zero-order valence-electron chi connectivity index (χ0n) is 11.6. The normalized spacial score (nSPS) is 17.5. The number of hydrogen-bond donors (Lipinski definition) is 0. The fraction of sp³-hybridized carbons (Fsp3) is 1.00. The molecule has 0 heterocycles. The third kappa shape index (κ3) is 8.65. The van der Waals surface area contributed by atoms with Crippen LogP contribution in [0.25, 0.3) is 0 Å². The predicted molar refractivity (Wildman–Crippen MR) is 73.7 cm³/mol. The van der Waals surface area contributed by atoms with Crippen LogP contribution in [-0.4, -0.2) is 6.61 Å². The molecule has 1 saturated carbocycles. The standard InChI is InChI=1S/C16H31O/c17-15-11-6-4-2-1-3-5-8-12-16-13-9-7-10-14-16/h16H,1-15H2. The highest BCUT2D eigenvalue weighted by Gasteiger charge is 2.12. The quantitative estimate of drug-likeness (QED) is 0.448. The van der Waals surface area contributed by atoms with Crippen LogP contribution in [0.2, 0.25) is 0 Å². The average molecular weight is 239 g/mol. The van der Waals surface area contributed by atoms with E-state index in [2.05, 4.69) is 0 Å². The molecule has 1 heteroatoms. The number of rotatable bonds is 10. The molecule has 0 bridgehead atoms. The molecule has 101 valence electrons. The van der Waals surface area contributed by atoms with Crippen molar-refractivity contribution in [3.63, 3.8) is 0 Å². The summed E-state index contributed by atoms with van der Waals surface area (Å²) < 4.78 is 0. The highest BCUT2D eigenvalue weighted by atomic mass is 16.2. The Bertz CT molecular complexity index is 150. The monoisotopic (exact) mass is 239 g/mol. The Kier molecular flexibility index (Phi) is 9.78. The summed E-state index contributed by atoms with van der Waals surface area (Å²) in [6, 6.07) is 0. The molecule has 1 radical (unpaired) electrons. The molecule has 1 aliphatic rings. The van der Waals surface area contributed by atoms with Crippen LogP contribution in [0.15, 0.2) is 0 Å². The Hall–Kier alpha value is -0.0400. The fourth-order valence-corrected chi connectivity index (χ4v) is 3.07. The van der Waals surface area contributed by atoms with Crippen molar-refractivity contribution in [1.82, 2.24) is 0 Å². The molecule has 0 spiro atoms. The van der Waals surface area contributed by atoms with Crippen molar-refractivity contribution in [1.29, 1.82) is 0 Å². The van der Waals surface area contributed by atoms with Crippen molar-refractivity contribution in [3.05, 3.63) is 0 Å². The van der Waals surface area contributed by atoms with Gasteiger partial charge in [0.05, 0.1) is 6.61 Å². The molecule has 0 N–H and O–H groups in total. The predicted octanol–water partition coefficient (Wildman–Crippen LogP) is 5.51. The van der Waals surface area contributed by atoms with E-state index in [0.717, 1.165) is 18.8 Å².